The van der Waals surface area contributed by atoms with Gasteiger partial charge in [-0.1, -0.05) is 24.3 Å². The lowest BCUT2D eigenvalue weighted by Crippen LogP contribution is -2.41. The first kappa shape index (κ1) is 26.2. The van der Waals surface area contributed by atoms with E-state index in [-0.39, 0.29) is 6.09 Å². The third-order valence-corrected chi connectivity index (χ3v) is 6.78. The van der Waals surface area contributed by atoms with Gasteiger partial charge in [-0.05, 0) is 91.8 Å². The van der Waals surface area contributed by atoms with Crippen LogP contribution in [0.4, 0.5) is 4.79 Å². The average Bonchev–Trinajstić information content (AvgIpc) is 2.96. The highest BCUT2D eigenvalue weighted by molar-refractivity contribution is 5.70. The Morgan fingerprint density at radius 2 is 1.44 bits per heavy atom. The predicted molar refractivity (Wildman–Crippen MR) is 150 cm³/mol. The van der Waals surface area contributed by atoms with E-state index in [1.165, 1.54) is 0 Å². The van der Waals surface area contributed by atoms with Crippen molar-refractivity contribution < 1.29 is 19.0 Å². The smallest absolute Gasteiger partial charge is 0.415 e. The SMILES string of the molecule is Cc1ccc(Cc2ccc(OC(=O)N3CCC(COc4ccc(Oc5ccc(C)cn5)cc4)CC3)cc2)nc1. The molecule has 0 N–H and O–H groups in total. The van der Waals surface area contributed by atoms with Crippen LogP contribution < -0.4 is 14.2 Å². The van der Waals surface area contributed by atoms with Gasteiger partial charge < -0.3 is 19.1 Å². The highest BCUT2D eigenvalue weighted by atomic mass is 16.6. The van der Waals surface area contributed by atoms with Crippen LogP contribution in [-0.2, 0) is 6.42 Å². The normalized spacial score (nSPS) is 13.6. The monoisotopic (exact) mass is 523 g/mol. The number of carbonyl (C=O) groups excluding carboxylic acids is 1. The average molecular weight is 524 g/mol. The van der Waals surface area contributed by atoms with Gasteiger partial charge >= 0.3 is 6.09 Å². The molecular weight excluding hydrogens is 490 g/mol. The molecule has 0 spiro atoms. The van der Waals surface area contributed by atoms with E-state index in [1.807, 2.05) is 86.8 Å². The molecule has 5 rings (SSSR count). The largest absolute Gasteiger partial charge is 0.493 e. The lowest BCUT2D eigenvalue weighted by atomic mass is 9.98. The van der Waals surface area contributed by atoms with Crippen LogP contribution >= 0.6 is 0 Å². The van der Waals surface area contributed by atoms with Crippen LogP contribution in [0.2, 0.25) is 0 Å². The number of aromatic nitrogens is 2. The number of piperidine rings is 1. The minimum absolute atomic E-state index is 0.305. The number of rotatable bonds is 8. The zero-order valence-corrected chi connectivity index (χ0v) is 22.4. The highest BCUT2D eigenvalue weighted by Crippen LogP contribution is 2.25. The second kappa shape index (κ2) is 12.4. The molecule has 1 aliphatic rings. The molecule has 0 unspecified atom stereocenters. The van der Waals surface area contributed by atoms with Crippen LogP contribution in [0.25, 0.3) is 0 Å². The number of hydrogen-bond acceptors (Lipinski definition) is 6. The predicted octanol–water partition coefficient (Wildman–Crippen LogP) is 6.77. The molecule has 3 heterocycles. The van der Waals surface area contributed by atoms with Crippen molar-refractivity contribution in [2.75, 3.05) is 19.7 Å². The lowest BCUT2D eigenvalue weighted by molar-refractivity contribution is 0.117. The molecule has 200 valence electrons. The third kappa shape index (κ3) is 7.57. The second-order valence-electron chi connectivity index (χ2n) is 10.0. The van der Waals surface area contributed by atoms with Crippen LogP contribution in [0.5, 0.6) is 23.1 Å². The van der Waals surface area contributed by atoms with Crippen molar-refractivity contribution in [1.29, 1.82) is 0 Å². The summed E-state index contributed by atoms with van der Waals surface area (Å²) in [6, 6.07) is 23.1. The Bertz CT molecular complexity index is 1350. The van der Waals surface area contributed by atoms with E-state index in [9.17, 15) is 4.79 Å². The Hall–Kier alpha value is -4.39. The summed E-state index contributed by atoms with van der Waals surface area (Å²) in [7, 11) is 0. The maximum absolute atomic E-state index is 12.7. The molecule has 2 aromatic heterocycles. The number of pyridine rings is 2. The maximum Gasteiger partial charge on any atom is 0.415 e. The van der Waals surface area contributed by atoms with Gasteiger partial charge in [0.1, 0.15) is 17.2 Å². The Kier molecular flexibility index (Phi) is 8.36. The van der Waals surface area contributed by atoms with Crippen molar-refractivity contribution >= 4 is 6.09 Å². The first-order valence-electron chi connectivity index (χ1n) is 13.3. The van der Waals surface area contributed by atoms with E-state index in [1.54, 1.807) is 11.1 Å². The molecule has 1 amide bonds. The number of amides is 1. The molecular formula is C32H33N3O4. The van der Waals surface area contributed by atoms with Gasteiger partial charge in [0.25, 0.3) is 0 Å². The van der Waals surface area contributed by atoms with Gasteiger partial charge in [0.05, 0.1) is 6.61 Å². The molecule has 1 fully saturated rings. The molecule has 0 radical (unpaired) electrons. The molecule has 1 aliphatic heterocycles. The molecule has 39 heavy (non-hydrogen) atoms. The van der Waals surface area contributed by atoms with Gasteiger partial charge in [-0.3, -0.25) is 4.98 Å². The summed E-state index contributed by atoms with van der Waals surface area (Å²) in [4.78, 5) is 23.2. The molecule has 4 aromatic rings. The van der Waals surface area contributed by atoms with Crippen molar-refractivity contribution in [2.24, 2.45) is 5.92 Å². The third-order valence-electron chi connectivity index (χ3n) is 6.78. The van der Waals surface area contributed by atoms with E-state index in [2.05, 4.69) is 16.0 Å². The summed E-state index contributed by atoms with van der Waals surface area (Å²) in [6.45, 7) is 5.93. The van der Waals surface area contributed by atoms with Crippen LogP contribution in [0, 0.1) is 19.8 Å². The topological polar surface area (TPSA) is 73.8 Å². The summed E-state index contributed by atoms with van der Waals surface area (Å²) in [5, 5.41) is 0. The zero-order valence-electron chi connectivity index (χ0n) is 22.4. The minimum Gasteiger partial charge on any atom is -0.493 e. The fourth-order valence-corrected chi connectivity index (χ4v) is 4.39. The fourth-order valence-electron chi connectivity index (χ4n) is 4.39. The number of benzene rings is 2. The number of hydrogen-bond donors (Lipinski definition) is 0. The van der Waals surface area contributed by atoms with Crippen molar-refractivity contribution in [3.8, 4) is 23.1 Å². The van der Waals surface area contributed by atoms with Crippen molar-refractivity contribution in [3.05, 3.63) is 108 Å². The number of ether oxygens (including phenoxy) is 3. The van der Waals surface area contributed by atoms with Crippen molar-refractivity contribution in [2.45, 2.75) is 33.1 Å². The molecule has 2 aromatic carbocycles. The minimum atomic E-state index is -0.305. The summed E-state index contributed by atoms with van der Waals surface area (Å²) in [5.41, 5.74) is 4.37. The Balaban J connectivity index is 1.03. The Morgan fingerprint density at radius 3 is 2.08 bits per heavy atom. The second-order valence-corrected chi connectivity index (χ2v) is 10.0. The first-order chi connectivity index (χ1) is 19.0. The van der Waals surface area contributed by atoms with E-state index in [0.29, 0.717) is 43.0 Å². The summed E-state index contributed by atoms with van der Waals surface area (Å²) >= 11 is 0. The molecule has 7 heteroatoms. The van der Waals surface area contributed by atoms with Gasteiger partial charge in [0.2, 0.25) is 5.88 Å². The summed E-state index contributed by atoms with van der Waals surface area (Å²) < 4.78 is 17.4. The number of likely N-dealkylation sites (tertiary alicyclic amines) is 1. The van der Waals surface area contributed by atoms with E-state index < -0.39 is 0 Å². The molecule has 7 nitrogen and oxygen atoms in total. The van der Waals surface area contributed by atoms with Gasteiger partial charge in [-0.2, -0.15) is 0 Å². The van der Waals surface area contributed by atoms with Gasteiger partial charge in [-0.25, -0.2) is 9.78 Å². The van der Waals surface area contributed by atoms with E-state index in [4.69, 9.17) is 14.2 Å². The molecule has 0 aliphatic carbocycles. The Morgan fingerprint density at radius 1 is 0.795 bits per heavy atom. The highest BCUT2D eigenvalue weighted by Gasteiger charge is 2.24. The lowest BCUT2D eigenvalue weighted by Gasteiger charge is -2.31. The number of carbonyl (C=O) groups is 1. The quantitative estimate of drug-likeness (QED) is 0.254. The standard InChI is InChI=1S/C32H33N3O4/c1-23-3-7-27(33-20-23)19-25-5-8-30(9-6-25)39-32(36)35-17-15-26(16-18-35)22-37-28-10-12-29(13-11-28)38-31-14-4-24(2)21-34-31/h3-14,20-21,26H,15-19,22H2,1-2H3. The summed E-state index contributed by atoms with van der Waals surface area (Å²) in [5.74, 6) is 3.01. The van der Waals surface area contributed by atoms with E-state index in [0.717, 1.165) is 47.4 Å². The van der Waals surface area contributed by atoms with Crippen LogP contribution in [0.3, 0.4) is 0 Å². The van der Waals surface area contributed by atoms with Crippen LogP contribution in [0.15, 0.2) is 85.2 Å². The van der Waals surface area contributed by atoms with Crippen molar-refractivity contribution in [3.63, 3.8) is 0 Å². The van der Waals surface area contributed by atoms with E-state index >= 15 is 0 Å². The van der Waals surface area contributed by atoms with Crippen LogP contribution in [0.1, 0.15) is 35.2 Å². The zero-order chi connectivity index (χ0) is 27.0. The number of nitrogens with zero attached hydrogens (tertiary/aromatic N) is 3. The fraction of sp³-hybridized carbons (Fsp3) is 0.281. The van der Waals surface area contributed by atoms with Gasteiger partial charge in [0, 0.05) is 43.7 Å². The van der Waals surface area contributed by atoms with Crippen LogP contribution in [-0.4, -0.2) is 40.7 Å². The molecule has 0 saturated carbocycles. The first-order valence-corrected chi connectivity index (χ1v) is 13.3. The summed E-state index contributed by atoms with van der Waals surface area (Å²) in [6.07, 6.45) is 5.84. The number of aryl methyl sites for hydroxylation is 2. The van der Waals surface area contributed by atoms with Gasteiger partial charge in [-0.15, -0.1) is 0 Å². The molecule has 1 saturated heterocycles. The maximum atomic E-state index is 12.7. The molecule has 0 atom stereocenters. The van der Waals surface area contributed by atoms with Gasteiger partial charge in [0.15, 0.2) is 0 Å². The van der Waals surface area contributed by atoms with Crippen molar-refractivity contribution in [1.82, 2.24) is 14.9 Å². The molecule has 0 bridgehead atoms. The Labute approximate surface area is 229 Å².